The van der Waals surface area contributed by atoms with Crippen molar-refractivity contribution in [1.29, 1.82) is 0 Å². The molecule has 0 radical (unpaired) electrons. The molecule has 0 atom stereocenters. The molecule has 1 aliphatic rings. The van der Waals surface area contributed by atoms with Crippen LogP contribution in [0.2, 0.25) is 0 Å². The number of nitrogens with zero attached hydrogens (tertiary/aromatic N) is 4. The van der Waals surface area contributed by atoms with Crippen LogP contribution in [0.1, 0.15) is 6.42 Å². The van der Waals surface area contributed by atoms with Gasteiger partial charge in [-0.05, 0) is 19.5 Å². The summed E-state index contributed by atoms with van der Waals surface area (Å²) in [6.45, 7) is 4.15. The number of anilines is 1. The molecule has 2 N–H and O–H groups in total. The lowest BCUT2D eigenvalue weighted by atomic mass is 10.4. The van der Waals surface area contributed by atoms with Gasteiger partial charge in [0.2, 0.25) is 11.9 Å². The molecule has 0 aromatic carbocycles. The SMILES string of the molecule is O=C(CN1CCCNCC1)Nc1nccnn1. The molecule has 1 saturated heterocycles. The minimum Gasteiger partial charge on any atom is -0.315 e. The van der Waals surface area contributed by atoms with Gasteiger partial charge in [0.1, 0.15) is 0 Å². The van der Waals surface area contributed by atoms with Crippen LogP contribution in [0.15, 0.2) is 12.4 Å². The fourth-order valence-corrected chi connectivity index (χ4v) is 1.73. The van der Waals surface area contributed by atoms with E-state index in [0.29, 0.717) is 6.54 Å². The molecular formula is C10H16N6O. The summed E-state index contributed by atoms with van der Waals surface area (Å²) in [6.07, 6.45) is 4.03. The zero-order chi connectivity index (χ0) is 11.9. The first kappa shape index (κ1) is 11.9. The second kappa shape index (κ2) is 6.21. The van der Waals surface area contributed by atoms with E-state index >= 15 is 0 Å². The highest BCUT2D eigenvalue weighted by Crippen LogP contribution is 1.97. The Kier molecular flexibility index (Phi) is 4.34. The van der Waals surface area contributed by atoms with Crippen molar-refractivity contribution in [3.05, 3.63) is 12.4 Å². The lowest BCUT2D eigenvalue weighted by Gasteiger charge is -2.17. The summed E-state index contributed by atoms with van der Waals surface area (Å²) in [5.74, 6) is 0.158. The Labute approximate surface area is 99.6 Å². The first-order valence-corrected chi connectivity index (χ1v) is 5.71. The van der Waals surface area contributed by atoms with Gasteiger partial charge in [0.25, 0.3) is 0 Å². The Morgan fingerprint density at radius 1 is 1.41 bits per heavy atom. The number of rotatable bonds is 3. The van der Waals surface area contributed by atoms with Crippen molar-refractivity contribution in [3.63, 3.8) is 0 Å². The Morgan fingerprint density at radius 3 is 3.18 bits per heavy atom. The van der Waals surface area contributed by atoms with Gasteiger partial charge in [-0.3, -0.25) is 15.0 Å². The van der Waals surface area contributed by atoms with Gasteiger partial charge < -0.3 is 5.32 Å². The average Bonchev–Trinajstić information content (AvgIpc) is 2.59. The average molecular weight is 236 g/mol. The van der Waals surface area contributed by atoms with Gasteiger partial charge in [0.15, 0.2) is 0 Å². The third-order valence-corrected chi connectivity index (χ3v) is 2.53. The van der Waals surface area contributed by atoms with Crippen LogP contribution in [0.25, 0.3) is 0 Å². The monoisotopic (exact) mass is 236 g/mol. The fraction of sp³-hybridized carbons (Fsp3) is 0.600. The van der Waals surface area contributed by atoms with E-state index < -0.39 is 0 Å². The minimum atomic E-state index is -0.0973. The summed E-state index contributed by atoms with van der Waals surface area (Å²) < 4.78 is 0. The number of carbonyl (C=O) groups is 1. The largest absolute Gasteiger partial charge is 0.315 e. The van der Waals surface area contributed by atoms with Crippen LogP contribution >= 0.6 is 0 Å². The standard InChI is InChI=1S/C10H16N6O/c17-9(14-10-12-3-4-13-15-10)8-16-6-1-2-11-5-7-16/h3-4,11H,1-2,5-8H2,(H,12,14,15,17). The van der Waals surface area contributed by atoms with Crippen LogP contribution in [-0.2, 0) is 4.79 Å². The van der Waals surface area contributed by atoms with Gasteiger partial charge in [-0.25, -0.2) is 4.98 Å². The number of hydrogen-bond donors (Lipinski definition) is 2. The zero-order valence-corrected chi connectivity index (χ0v) is 9.59. The molecule has 1 aliphatic heterocycles. The molecule has 0 spiro atoms. The maximum atomic E-state index is 11.7. The second-order valence-electron chi connectivity index (χ2n) is 3.89. The first-order chi connectivity index (χ1) is 8.34. The number of amides is 1. The highest BCUT2D eigenvalue weighted by Gasteiger charge is 2.13. The van der Waals surface area contributed by atoms with Gasteiger partial charge in [-0.15, -0.1) is 5.10 Å². The molecule has 17 heavy (non-hydrogen) atoms. The molecule has 2 rings (SSSR count). The Morgan fingerprint density at radius 2 is 2.35 bits per heavy atom. The van der Waals surface area contributed by atoms with Crippen molar-refractivity contribution >= 4 is 11.9 Å². The highest BCUT2D eigenvalue weighted by atomic mass is 16.2. The lowest BCUT2D eigenvalue weighted by molar-refractivity contribution is -0.117. The third kappa shape index (κ3) is 4.04. The quantitative estimate of drug-likeness (QED) is 0.708. The van der Waals surface area contributed by atoms with Crippen molar-refractivity contribution < 1.29 is 4.79 Å². The number of nitrogens with one attached hydrogen (secondary N) is 2. The van der Waals surface area contributed by atoms with Crippen LogP contribution in [0, 0.1) is 0 Å². The van der Waals surface area contributed by atoms with Crippen molar-refractivity contribution in [3.8, 4) is 0 Å². The van der Waals surface area contributed by atoms with Gasteiger partial charge in [0.05, 0.1) is 18.9 Å². The molecule has 0 bridgehead atoms. The van der Waals surface area contributed by atoms with Crippen LogP contribution in [0.5, 0.6) is 0 Å². The van der Waals surface area contributed by atoms with E-state index in [-0.39, 0.29) is 11.9 Å². The predicted octanol–water partition coefficient (Wildman–Crippen LogP) is -0.895. The van der Waals surface area contributed by atoms with E-state index in [4.69, 9.17) is 0 Å². The Bertz CT molecular complexity index is 349. The zero-order valence-electron chi connectivity index (χ0n) is 9.59. The number of aromatic nitrogens is 3. The molecule has 1 amide bonds. The summed E-state index contributed by atoms with van der Waals surface area (Å²) in [7, 11) is 0. The van der Waals surface area contributed by atoms with Crippen molar-refractivity contribution in [2.75, 3.05) is 38.0 Å². The van der Waals surface area contributed by atoms with Crippen molar-refractivity contribution in [1.82, 2.24) is 25.4 Å². The van der Waals surface area contributed by atoms with Crippen molar-refractivity contribution in [2.24, 2.45) is 0 Å². The van der Waals surface area contributed by atoms with E-state index in [1.807, 2.05) is 0 Å². The van der Waals surface area contributed by atoms with Crippen molar-refractivity contribution in [2.45, 2.75) is 6.42 Å². The van der Waals surface area contributed by atoms with Gasteiger partial charge in [-0.2, -0.15) is 5.10 Å². The summed E-state index contributed by atoms with van der Waals surface area (Å²) in [5, 5.41) is 13.3. The number of hydrogen-bond acceptors (Lipinski definition) is 6. The van der Waals surface area contributed by atoms with Crippen LogP contribution in [0.4, 0.5) is 5.95 Å². The van der Waals surface area contributed by atoms with E-state index in [0.717, 1.165) is 32.6 Å². The lowest BCUT2D eigenvalue weighted by Crippen LogP contribution is -2.36. The molecule has 1 fully saturated rings. The smallest absolute Gasteiger partial charge is 0.249 e. The summed E-state index contributed by atoms with van der Waals surface area (Å²) in [4.78, 5) is 17.7. The Hall–Kier alpha value is -1.60. The molecule has 0 saturated carbocycles. The second-order valence-corrected chi connectivity index (χ2v) is 3.89. The first-order valence-electron chi connectivity index (χ1n) is 5.71. The minimum absolute atomic E-state index is 0.0973. The molecule has 1 aromatic rings. The molecule has 0 unspecified atom stereocenters. The van der Waals surface area contributed by atoms with Gasteiger partial charge in [0, 0.05) is 13.1 Å². The number of carbonyl (C=O) groups excluding carboxylic acids is 1. The molecule has 7 heteroatoms. The van der Waals surface area contributed by atoms with E-state index in [1.165, 1.54) is 12.4 Å². The van der Waals surface area contributed by atoms with Crippen LogP contribution in [0.3, 0.4) is 0 Å². The fourth-order valence-electron chi connectivity index (χ4n) is 1.73. The topological polar surface area (TPSA) is 83.0 Å². The molecule has 7 nitrogen and oxygen atoms in total. The van der Waals surface area contributed by atoms with Gasteiger partial charge >= 0.3 is 0 Å². The summed E-state index contributed by atoms with van der Waals surface area (Å²) >= 11 is 0. The molecular weight excluding hydrogens is 220 g/mol. The third-order valence-electron chi connectivity index (χ3n) is 2.53. The molecule has 0 aliphatic carbocycles. The van der Waals surface area contributed by atoms with Crippen LogP contribution in [-0.4, -0.2) is 58.7 Å². The molecule has 92 valence electrons. The van der Waals surface area contributed by atoms with Gasteiger partial charge in [-0.1, -0.05) is 0 Å². The molecule has 1 aromatic heterocycles. The normalized spacial score (nSPS) is 17.4. The summed E-state index contributed by atoms with van der Waals surface area (Å²) in [6, 6.07) is 0. The van der Waals surface area contributed by atoms with E-state index in [9.17, 15) is 4.79 Å². The van der Waals surface area contributed by atoms with Crippen LogP contribution < -0.4 is 10.6 Å². The predicted molar refractivity (Wildman–Crippen MR) is 62.4 cm³/mol. The molecule has 2 heterocycles. The maximum absolute atomic E-state index is 11.7. The van der Waals surface area contributed by atoms with E-state index in [1.54, 1.807) is 0 Å². The Balaban J connectivity index is 1.80. The van der Waals surface area contributed by atoms with E-state index in [2.05, 4.69) is 30.7 Å². The highest BCUT2D eigenvalue weighted by molar-refractivity contribution is 5.90. The summed E-state index contributed by atoms with van der Waals surface area (Å²) in [5.41, 5.74) is 0. The maximum Gasteiger partial charge on any atom is 0.249 e.